The van der Waals surface area contributed by atoms with Gasteiger partial charge < -0.3 is 11.1 Å². The van der Waals surface area contributed by atoms with E-state index in [1.807, 2.05) is 0 Å². The number of carbonyl (C=O) groups excluding carboxylic acids is 1. The fraction of sp³-hybridized carbons (Fsp3) is 0.0769. The normalized spacial score (nSPS) is 10.3. The maximum atomic E-state index is 12.2. The third-order valence-corrected chi connectivity index (χ3v) is 3.66. The van der Waals surface area contributed by atoms with E-state index < -0.39 is 0 Å². The Morgan fingerprint density at radius 2 is 2.16 bits per heavy atom. The summed E-state index contributed by atoms with van der Waals surface area (Å²) in [7, 11) is 0. The van der Waals surface area contributed by atoms with Crippen molar-refractivity contribution in [3.8, 4) is 0 Å². The summed E-state index contributed by atoms with van der Waals surface area (Å²) in [5.41, 5.74) is 7.91. The van der Waals surface area contributed by atoms with E-state index in [2.05, 4.69) is 32.9 Å². The third kappa shape index (κ3) is 3.36. The van der Waals surface area contributed by atoms with E-state index in [0.717, 1.165) is 3.57 Å². The predicted molar refractivity (Wildman–Crippen MR) is 85.5 cm³/mol. The molecule has 1 aromatic heterocycles. The van der Waals surface area contributed by atoms with Gasteiger partial charge in [0.05, 0.1) is 28.8 Å². The van der Waals surface area contributed by atoms with Gasteiger partial charge in [0.2, 0.25) is 0 Å². The Kier molecular flexibility index (Phi) is 4.26. The molecule has 19 heavy (non-hydrogen) atoms. The Labute approximate surface area is 129 Å². The molecule has 2 aromatic rings. The van der Waals surface area contributed by atoms with Crippen molar-refractivity contribution in [2.45, 2.75) is 6.92 Å². The zero-order valence-electron chi connectivity index (χ0n) is 10.1. The molecule has 1 aromatic carbocycles. The Morgan fingerprint density at radius 3 is 2.84 bits per heavy atom. The van der Waals surface area contributed by atoms with E-state index in [-0.39, 0.29) is 5.91 Å². The number of pyridine rings is 1. The highest BCUT2D eigenvalue weighted by atomic mass is 127. The highest BCUT2D eigenvalue weighted by molar-refractivity contribution is 14.1. The monoisotopic (exact) mass is 387 g/mol. The molecule has 0 atom stereocenters. The topological polar surface area (TPSA) is 68.0 Å². The van der Waals surface area contributed by atoms with Crippen molar-refractivity contribution in [2.75, 3.05) is 11.1 Å². The minimum Gasteiger partial charge on any atom is -0.397 e. The molecule has 0 aliphatic carbocycles. The first-order chi connectivity index (χ1) is 8.97. The lowest BCUT2D eigenvalue weighted by Gasteiger charge is -2.09. The highest BCUT2D eigenvalue weighted by Crippen LogP contribution is 2.23. The van der Waals surface area contributed by atoms with Crippen LogP contribution in [0, 0.1) is 10.5 Å². The Bertz CT molecular complexity index is 646. The molecule has 4 nitrogen and oxygen atoms in total. The molecule has 2 rings (SSSR count). The number of anilines is 2. The van der Waals surface area contributed by atoms with E-state index in [4.69, 9.17) is 17.3 Å². The first kappa shape index (κ1) is 14.1. The minimum absolute atomic E-state index is 0.238. The average molecular weight is 388 g/mol. The van der Waals surface area contributed by atoms with Crippen LogP contribution in [-0.2, 0) is 0 Å². The highest BCUT2D eigenvalue weighted by Gasteiger charge is 2.12. The molecule has 0 unspecified atom stereocenters. The van der Waals surface area contributed by atoms with Crippen LogP contribution in [0.25, 0.3) is 0 Å². The third-order valence-electron chi connectivity index (χ3n) is 2.53. The lowest BCUT2D eigenvalue weighted by Crippen LogP contribution is -2.15. The number of halogens is 2. The SMILES string of the molecule is Cc1ncc(N)cc1C(=O)Nc1ccc(Cl)cc1I. The molecule has 0 saturated carbocycles. The number of amides is 1. The van der Waals surface area contributed by atoms with Crippen LogP contribution in [0.5, 0.6) is 0 Å². The summed E-state index contributed by atoms with van der Waals surface area (Å²) in [4.78, 5) is 16.3. The lowest BCUT2D eigenvalue weighted by molar-refractivity contribution is 0.102. The number of rotatable bonds is 2. The van der Waals surface area contributed by atoms with Gasteiger partial charge in [0, 0.05) is 8.59 Å². The van der Waals surface area contributed by atoms with Crippen molar-refractivity contribution < 1.29 is 4.79 Å². The van der Waals surface area contributed by atoms with Crippen molar-refractivity contribution >= 4 is 51.5 Å². The molecule has 1 heterocycles. The van der Waals surface area contributed by atoms with Crippen LogP contribution in [0.3, 0.4) is 0 Å². The lowest BCUT2D eigenvalue weighted by atomic mass is 10.1. The molecule has 6 heteroatoms. The Balaban J connectivity index is 2.28. The van der Waals surface area contributed by atoms with E-state index in [0.29, 0.717) is 27.7 Å². The zero-order valence-corrected chi connectivity index (χ0v) is 13.0. The summed E-state index contributed by atoms with van der Waals surface area (Å²) in [6.07, 6.45) is 1.53. The molecule has 0 spiro atoms. The first-order valence-electron chi connectivity index (χ1n) is 5.46. The average Bonchev–Trinajstić information content (AvgIpc) is 2.35. The predicted octanol–water partition coefficient (Wildman–Crippen LogP) is 3.48. The summed E-state index contributed by atoms with van der Waals surface area (Å²) in [6.45, 7) is 1.77. The van der Waals surface area contributed by atoms with Gasteiger partial charge in [-0.3, -0.25) is 9.78 Å². The van der Waals surface area contributed by atoms with Gasteiger partial charge in [-0.1, -0.05) is 11.6 Å². The van der Waals surface area contributed by atoms with Crippen molar-refractivity contribution in [1.82, 2.24) is 4.98 Å². The number of aromatic nitrogens is 1. The Hall–Kier alpha value is -1.34. The minimum atomic E-state index is -0.238. The van der Waals surface area contributed by atoms with Crippen molar-refractivity contribution in [3.63, 3.8) is 0 Å². The van der Waals surface area contributed by atoms with Gasteiger partial charge in [0.1, 0.15) is 0 Å². The van der Waals surface area contributed by atoms with Gasteiger partial charge in [-0.05, 0) is 53.8 Å². The van der Waals surface area contributed by atoms with Crippen LogP contribution >= 0.6 is 34.2 Å². The smallest absolute Gasteiger partial charge is 0.257 e. The van der Waals surface area contributed by atoms with E-state index in [9.17, 15) is 4.79 Å². The summed E-state index contributed by atoms with van der Waals surface area (Å²) in [5.74, 6) is -0.238. The number of nitrogens with one attached hydrogen (secondary N) is 1. The summed E-state index contributed by atoms with van der Waals surface area (Å²) in [5, 5.41) is 3.45. The number of aryl methyl sites for hydroxylation is 1. The number of nitrogens with zero attached hydrogens (tertiary/aromatic N) is 1. The molecule has 1 amide bonds. The molecule has 0 radical (unpaired) electrons. The molecule has 0 saturated heterocycles. The van der Waals surface area contributed by atoms with E-state index in [1.54, 1.807) is 31.2 Å². The maximum Gasteiger partial charge on any atom is 0.257 e. The van der Waals surface area contributed by atoms with Crippen molar-refractivity contribution in [3.05, 3.63) is 50.3 Å². The number of hydrogen-bond acceptors (Lipinski definition) is 3. The van der Waals surface area contributed by atoms with Crippen molar-refractivity contribution in [1.29, 1.82) is 0 Å². The molecule has 3 N–H and O–H groups in total. The second-order valence-electron chi connectivity index (χ2n) is 3.98. The Morgan fingerprint density at radius 1 is 1.42 bits per heavy atom. The van der Waals surface area contributed by atoms with Gasteiger partial charge in [0.15, 0.2) is 0 Å². The number of hydrogen-bond donors (Lipinski definition) is 2. The quantitative estimate of drug-likeness (QED) is 0.775. The van der Waals surface area contributed by atoms with Gasteiger partial charge in [0.25, 0.3) is 5.91 Å². The largest absolute Gasteiger partial charge is 0.397 e. The second kappa shape index (κ2) is 5.75. The first-order valence-corrected chi connectivity index (χ1v) is 6.91. The van der Waals surface area contributed by atoms with Crippen LogP contribution in [0.2, 0.25) is 5.02 Å². The fourth-order valence-corrected chi connectivity index (χ4v) is 2.57. The maximum absolute atomic E-state index is 12.2. The van der Waals surface area contributed by atoms with Crippen LogP contribution in [0.15, 0.2) is 30.5 Å². The number of carbonyl (C=O) groups is 1. The molecular weight excluding hydrogens is 377 g/mol. The zero-order chi connectivity index (χ0) is 14.0. The molecule has 0 bridgehead atoms. The summed E-state index contributed by atoms with van der Waals surface area (Å²) < 4.78 is 0.868. The van der Waals surface area contributed by atoms with Crippen LogP contribution in [0.1, 0.15) is 16.1 Å². The number of nitrogens with two attached hydrogens (primary N) is 1. The van der Waals surface area contributed by atoms with Crippen LogP contribution < -0.4 is 11.1 Å². The molecule has 0 aliphatic rings. The van der Waals surface area contributed by atoms with Gasteiger partial charge in [-0.15, -0.1) is 0 Å². The molecule has 0 aliphatic heterocycles. The molecule has 0 fully saturated rings. The van der Waals surface area contributed by atoms with Gasteiger partial charge in [-0.25, -0.2) is 0 Å². The van der Waals surface area contributed by atoms with Gasteiger partial charge >= 0.3 is 0 Å². The van der Waals surface area contributed by atoms with Crippen LogP contribution in [0.4, 0.5) is 11.4 Å². The second-order valence-corrected chi connectivity index (χ2v) is 5.58. The summed E-state index contributed by atoms with van der Waals surface area (Å²) in [6, 6.07) is 6.88. The van der Waals surface area contributed by atoms with Gasteiger partial charge in [-0.2, -0.15) is 0 Å². The van der Waals surface area contributed by atoms with Crippen LogP contribution in [-0.4, -0.2) is 10.9 Å². The van der Waals surface area contributed by atoms with E-state index >= 15 is 0 Å². The van der Waals surface area contributed by atoms with Crippen molar-refractivity contribution in [2.24, 2.45) is 0 Å². The fourth-order valence-electron chi connectivity index (χ4n) is 1.56. The molecular formula is C13H11ClIN3O. The number of nitrogen functional groups attached to an aromatic ring is 1. The van der Waals surface area contributed by atoms with E-state index in [1.165, 1.54) is 6.20 Å². The molecule has 98 valence electrons. The number of benzene rings is 1. The standard InChI is InChI=1S/C13H11ClIN3O/c1-7-10(5-9(16)6-17-7)13(19)18-12-3-2-8(14)4-11(12)15/h2-6H,16H2,1H3,(H,18,19). The summed E-state index contributed by atoms with van der Waals surface area (Å²) >= 11 is 7.99.